The number of hydrogen-bond acceptors (Lipinski definition) is 4. The van der Waals surface area contributed by atoms with Gasteiger partial charge in [0.2, 0.25) is 10.0 Å². The first-order chi connectivity index (χ1) is 12.9. The van der Waals surface area contributed by atoms with E-state index in [-0.39, 0.29) is 10.8 Å². The summed E-state index contributed by atoms with van der Waals surface area (Å²) in [6, 6.07) is 9.77. The second-order valence-electron chi connectivity index (χ2n) is 5.97. The number of aromatic nitrogens is 3. The maximum Gasteiger partial charge on any atom is 0.261 e. The summed E-state index contributed by atoms with van der Waals surface area (Å²) in [5, 5.41) is 6.93. The molecular weight excluding hydrogens is 366 g/mol. The van der Waals surface area contributed by atoms with Crippen LogP contribution in [-0.4, -0.2) is 35.2 Å². The molecule has 0 aliphatic carbocycles. The molecule has 0 unspecified atom stereocenters. The molecule has 2 aromatic heterocycles. The van der Waals surface area contributed by atoms with Gasteiger partial charge < -0.3 is 9.88 Å². The zero-order valence-electron chi connectivity index (χ0n) is 15.1. The van der Waals surface area contributed by atoms with Crippen LogP contribution in [0.3, 0.4) is 0 Å². The summed E-state index contributed by atoms with van der Waals surface area (Å²) in [6.45, 7) is 2.27. The lowest BCUT2D eigenvalue weighted by Crippen LogP contribution is -2.24. The number of sulfonamides is 1. The van der Waals surface area contributed by atoms with Crippen LogP contribution in [0.5, 0.6) is 0 Å². The van der Waals surface area contributed by atoms with Crippen molar-refractivity contribution in [1.82, 2.24) is 19.1 Å². The summed E-state index contributed by atoms with van der Waals surface area (Å²) in [4.78, 5) is 12.8. The molecule has 8 nitrogen and oxygen atoms in total. The van der Waals surface area contributed by atoms with Crippen LogP contribution in [0.4, 0.5) is 5.69 Å². The van der Waals surface area contributed by atoms with E-state index in [9.17, 15) is 13.2 Å². The van der Waals surface area contributed by atoms with Gasteiger partial charge in [0.05, 0.1) is 11.1 Å². The molecule has 0 radical (unpaired) electrons. The largest absolute Gasteiger partial charge is 0.322 e. The fourth-order valence-corrected chi connectivity index (χ4v) is 3.74. The topological polar surface area (TPSA) is 98.0 Å². The van der Waals surface area contributed by atoms with Crippen LogP contribution in [0, 0.1) is 0 Å². The fraction of sp³-hybridized carbons (Fsp3) is 0.222. The maximum atomic E-state index is 12.7. The quantitative estimate of drug-likeness (QED) is 0.649. The SMILES string of the molecule is CCCNS(=O)(=O)c1ccc(NC(=O)c2cnn(C)c2-n2cccc2)cc1. The van der Waals surface area contributed by atoms with E-state index >= 15 is 0 Å². The van der Waals surface area contributed by atoms with E-state index in [0.29, 0.717) is 30.0 Å². The van der Waals surface area contributed by atoms with Crippen LogP contribution in [0.15, 0.2) is 59.9 Å². The molecule has 1 amide bonds. The van der Waals surface area contributed by atoms with Gasteiger partial charge in [0, 0.05) is 31.7 Å². The van der Waals surface area contributed by atoms with Gasteiger partial charge in [-0.15, -0.1) is 0 Å². The Bertz CT molecular complexity index is 1020. The van der Waals surface area contributed by atoms with Crippen LogP contribution < -0.4 is 10.0 Å². The number of aryl methyl sites for hydroxylation is 1. The van der Waals surface area contributed by atoms with Gasteiger partial charge in [0.25, 0.3) is 5.91 Å². The van der Waals surface area contributed by atoms with E-state index in [0.717, 1.165) is 0 Å². The van der Waals surface area contributed by atoms with E-state index in [4.69, 9.17) is 0 Å². The first-order valence-electron chi connectivity index (χ1n) is 8.49. The number of benzene rings is 1. The summed E-state index contributed by atoms with van der Waals surface area (Å²) in [6.07, 6.45) is 5.87. The lowest BCUT2D eigenvalue weighted by molar-refractivity contribution is 0.102. The van der Waals surface area contributed by atoms with Crippen LogP contribution >= 0.6 is 0 Å². The Morgan fingerprint density at radius 2 is 1.81 bits per heavy atom. The Morgan fingerprint density at radius 1 is 1.15 bits per heavy atom. The average Bonchev–Trinajstić information content (AvgIpc) is 3.29. The van der Waals surface area contributed by atoms with Gasteiger partial charge in [-0.1, -0.05) is 6.92 Å². The Hall–Kier alpha value is -2.91. The van der Waals surface area contributed by atoms with Crippen molar-refractivity contribution in [1.29, 1.82) is 0 Å². The third-order valence-electron chi connectivity index (χ3n) is 3.97. The molecule has 3 rings (SSSR count). The normalized spacial score (nSPS) is 11.5. The molecule has 1 aromatic carbocycles. The van der Waals surface area contributed by atoms with Crippen molar-refractivity contribution in [3.8, 4) is 5.82 Å². The van der Waals surface area contributed by atoms with E-state index in [1.165, 1.54) is 18.3 Å². The summed E-state index contributed by atoms with van der Waals surface area (Å²) in [5.74, 6) is 0.312. The van der Waals surface area contributed by atoms with E-state index in [1.807, 2.05) is 31.5 Å². The van der Waals surface area contributed by atoms with Gasteiger partial charge >= 0.3 is 0 Å². The highest BCUT2D eigenvalue weighted by molar-refractivity contribution is 7.89. The highest BCUT2D eigenvalue weighted by Crippen LogP contribution is 2.18. The van der Waals surface area contributed by atoms with Gasteiger partial charge in [0.15, 0.2) is 0 Å². The number of amides is 1. The fourth-order valence-electron chi connectivity index (χ4n) is 2.61. The molecule has 0 spiro atoms. The molecule has 0 aliphatic rings. The third-order valence-corrected chi connectivity index (χ3v) is 5.44. The first-order valence-corrected chi connectivity index (χ1v) is 9.97. The monoisotopic (exact) mass is 387 g/mol. The molecule has 0 atom stereocenters. The summed E-state index contributed by atoms with van der Waals surface area (Å²) < 4.78 is 30.2. The zero-order valence-corrected chi connectivity index (χ0v) is 15.9. The standard InChI is InChI=1S/C18H21N5O3S/c1-3-10-20-27(25,26)15-8-6-14(7-9-15)21-17(24)16-13-19-22(2)18(16)23-11-4-5-12-23/h4-9,11-13,20H,3,10H2,1-2H3,(H,21,24). The minimum Gasteiger partial charge on any atom is -0.322 e. The second kappa shape index (κ2) is 7.77. The molecule has 3 aromatic rings. The molecule has 27 heavy (non-hydrogen) atoms. The van der Waals surface area contributed by atoms with E-state index in [2.05, 4.69) is 15.1 Å². The number of hydrogen-bond donors (Lipinski definition) is 2. The molecule has 0 saturated heterocycles. The van der Waals surface area contributed by atoms with Crippen LogP contribution in [0.1, 0.15) is 23.7 Å². The average molecular weight is 387 g/mol. The molecule has 0 bridgehead atoms. The molecule has 2 N–H and O–H groups in total. The van der Waals surface area contributed by atoms with Gasteiger partial charge in [-0.05, 0) is 42.8 Å². The number of nitrogens with zero attached hydrogens (tertiary/aromatic N) is 3. The first kappa shape index (κ1) is 18.9. The van der Waals surface area contributed by atoms with Crippen molar-refractivity contribution in [2.45, 2.75) is 18.2 Å². The Morgan fingerprint density at radius 3 is 2.44 bits per heavy atom. The highest BCUT2D eigenvalue weighted by Gasteiger charge is 2.18. The number of anilines is 1. The van der Waals surface area contributed by atoms with Gasteiger partial charge in [-0.25, -0.2) is 13.1 Å². The second-order valence-corrected chi connectivity index (χ2v) is 7.74. The van der Waals surface area contributed by atoms with Gasteiger partial charge in [0.1, 0.15) is 11.4 Å². The van der Waals surface area contributed by atoms with Crippen molar-refractivity contribution in [3.05, 3.63) is 60.6 Å². The smallest absolute Gasteiger partial charge is 0.261 e. The van der Waals surface area contributed by atoms with Crippen LogP contribution in [0.2, 0.25) is 0 Å². The Labute approximate surface area is 157 Å². The summed E-state index contributed by atoms with van der Waals surface area (Å²) in [7, 11) is -1.77. The molecule has 0 aliphatic heterocycles. The van der Waals surface area contributed by atoms with Crippen molar-refractivity contribution in [3.63, 3.8) is 0 Å². The molecule has 2 heterocycles. The van der Waals surface area contributed by atoms with E-state index < -0.39 is 10.0 Å². The van der Waals surface area contributed by atoms with Gasteiger partial charge in [-0.2, -0.15) is 5.10 Å². The number of carbonyl (C=O) groups excluding carboxylic acids is 1. The lowest BCUT2D eigenvalue weighted by atomic mass is 10.2. The lowest BCUT2D eigenvalue weighted by Gasteiger charge is -2.09. The van der Waals surface area contributed by atoms with Crippen LogP contribution in [-0.2, 0) is 17.1 Å². The Balaban J connectivity index is 1.78. The van der Waals surface area contributed by atoms with Crippen molar-refractivity contribution in [2.75, 3.05) is 11.9 Å². The third kappa shape index (κ3) is 4.09. The van der Waals surface area contributed by atoms with Crippen molar-refractivity contribution >= 4 is 21.6 Å². The zero-order chi connectivity index (χ0) is 19.4. The number of nitrogens with one attached hydrogen (secondary N) is 2. The molecule has 142 valence electrons. The van der Waals surface area contributed by atoms with Crippen molar-refractivity contribution in [2.24, 2.45) is 7.05 Å². The number of carbonyl (C=O) groups is 1. The van der Waals surface area contributed by atoms with Gasteiger partial charge in [-0.3, -0.25) is 9.48 Å². The predicted molar refractivity (Wildman–Crippen MR) is 102 cm³/mol. The molecule has 0 saturated carbocycles. The summed E-state index contributed by atoms with van der Waals surface area (Å²) in [5.41, 5.74) is 0.909. The Kier molecular flexibility index (Phi) is 5.43. The predicted octanol–water partition coefficient (Wildman–Crippen LogP) is 2.15. The molecule has 0 fully saturated rings. The van der Waals surface area contributed by atoms with Crippen LogP contribution in [0.25, 0.3) is 5.82 Å². The highest BCUT2D eigenvalue weighted by atomic mass is 32.2. The summed E-state index contributed by atoms with van der Waals surface area (Å²) >= 11 is 0. The minimum atomic E-state index is -3.53. The van der Waals surface area contributed by atoms with Crippen molar-refractivity contribution < 1.29 is 13.2 Å². The number of rotatable bonds is 7. The molecular formula is C18H21N5O3S. The maximum absolute atomic E-state index is 12.7. The minimum absolute atomic E-state index is 0.156. The molecule has 9 heteroatoms. The van der Waals surface area contributed by atoms with E-state index in [1.54, 1.807) is 28.4 Å².